The highest BCUT2D eigenvalue weighted by atomic mass is 79.9. The highest BCUT2D eigenvalue weighted by molar-refractivity contribution is 9.10. The van der Waals surface area contributed by atoms with Gasteiger partial charge < -0.3 is 19.3 Å². The van der Waals surface area contributed by atoms with Crippen molar-refractivity contribution in [3.05, 3.63) is 58.3 Å². The molecule has 3 rings (SSSR count). The van der Waals surface area contributed by atoms with Crippen LogP contribution in [0.5, 0.6) is 5.75 Å². The van der Waals surface area contributed by atoms with Crippen LogP contribution >= 0.6 is 15.9 Å². The molecule has 1 N–H and O–H groups in total. The van der Waals surface area contributed by atoms with Gasteiger partial charge in [-0.15, -0.1) is 0 Å². The molecule has 0 radical (unpaired) electrons. The third-order valence-electron chi connectivity index (χ3n) is 5.03. The highest BCUT2D eigenvalue weighted by Crippen LogP contribution is 2.29. The van der Waals surface area contributed by atoms with Gasteiger partial charge in [0.2, 0.25) is 5.79 Å². The van der Waals surface area contributed by atoms with Crippen LogP contribution in [0.4, 0.5) is 0 Å². The van der Waals surface area contributed by atoms with Gasteiger partial charge in [0.05, 0.1) is 19.8 Å². The van der Waals surface area contributed by atoms with Crippen molar-refractivity contribution < 1.29 is 24.1 Å². The molecule has 2 unspecified atom stereocenters. The van der Waals surface area contributed by atoms with Crippen LogP contribution in [-0.2, 0) is 26.5 Å². The number of rotatable bonds is 8. The molecule has 1 aromatic carbocycles. The lowest BCUT2D eigenvalue weighted by molar-refractivity contribution is -0.252. The van der Waals surface area contributed by atoms with Crippen LogP contribution in [0.1, 0.15) is 25.0 Å². The maximum absolute atomic E-state index is 11.4. The van der Waals surface area contributed by atoms with E-state index in [4.69, 9.17) is 14.2 Å². The van der Waals surface area contributed by atoms with E-state index in [0.29, 0.717) is 31.1 Å². The number of halogens is 1. The van der Waals surface area contributed by atoms with E-state index in [1.807, 2.05) is 30.3 Å². The van der Waals surface area contributed by atoms with E-state index >= 15 is 0 Å². The zero-order valence-electron chi connectivity index (χ0n) is 17.2. The molecule has 2 aromatic rings. The molecular weight excluding hydrogens is 452 g/mol. The Bertz CT molecular complexity index is 848. The minimum Gasteiger partial charge on any atom is -0.482 e. The van der Waals surface area contributed by atoms with Crippen molar-refractivity contribution in [1.82, 2.24) is 9.88 Å². The maximum Gasteiger partial charge on any atom is 0.344 e. The van der Waals surface area contributed by atoms with Crippen LogP contribution in [0.25, 0.3) is 0 Å². The second kappa shape index (κ2) is 10.3. The van der Waals surface area contributed by atoms with Crippen LogP contribution in [0.15, 0.2) is 47.2 Å². The predicted octanol–water partition coefficient (Wildman–Crippen LogP) is 2.89. The minimum atomic E-state index is -1.38. The van der Waals surface area contributed by atoms with Gasteiger partial charge in [0.15, 0.2) is 6.61 Å². The Kier molecular flexibility index (Phi) is 7.82. The van der Waals surface area contributed by atoms with Gasteiger partial charge in [-0.05, 0) is 60.0 Å². The molecule has 8 heteroatoms. The van der Waals surface area contributed by atoms with Crippen LogP contribution in [0.2, 0.25) is 0 Å². The molecule has 1 aromatic heterocycles. The van der Waals surface area contributed by atoms with Gasteiger partial charge in [0.1, 0.15) is 5.75 Å². The van der Waals surface area contributed by atoms with Crippen molar-refractivity contribution >= 4 is 21.9 Å². The molecule has 0 bridgehead atoms. The molecule has 0 amide bonds. The van der Waals surface area contributed by atoms with E-state index in [-0.39, 0.29) is 18.6 Å². The summed E-state index contributed by atoms with van der Waals surface area (Å²) in [7, 11) is 0. The fourth-order valence-electron chi connectivity index (χ4n) is 3.44. The average molecular weight is 479 g/mol. The minimum absolute atomic E-state index is 0.0968. The fourth-order valence-corrected chi connectivity index (χ4v) is 3.81. The molecule has 0 spiro atoms. The van der Waals surface area contributed by atoms with Gasteiger partial charge in [0.25, 0.3) is 0 Å². The lowest BCUT2D eigenvalue weighted by atomic mass is 10.0. The molecule has 1 fully saturated rings. The molecular formula is C22H27BrN2O5. The Morgan fingerprint density at radius 1 is 1.37 bits per heavy atom. The number of esters is 1. The van der Waals surface area contributed by atoms with Crippen molar-refractivity contribution in [1.29, 1.82) is 0 Å². The number of hydrogen-bond donors (Lipinski definition) is 1. The molecule has 2 heterocycles. The van der Waals surface area contributed by atoms with E-state index in [1.54, 1.807) is 19.3 Å². The van der Waals surface area contributed by atoms with Crippen molar-refractivity contribution in [2.75, 3.05) is 32.9 Å². The average Bonchev–Trinajstić information content (AvgIpc) is 2.73. The molecule has 0 saturated carbocycles. The number of ether oxygens (including phenoxy) is 3. The first-order valence-electron chi connectivity index (χ1n) is 9.98. The Hall–Kier alpha value is -2.00. The van der Waals surface area contributed by atoms with Gasteiger partial charge in [-0.25, -0.2) is 4.79 Å². The van der Waals surface area contributed by atoms with E-state index in [1.165, 1.54) is 0 Å². The lowest BCUT2D eigenvalue weighted by Crippen LogP contribution is -2.53. The summed E-state index contributed by atoms with van der Waals surface area (Å²) < 4.78 is 16.8. The van der Waals surface area contributed by atoms with E-state index in [2.05, 4.69) is 32.7 Å². The summed E-state index contributed by atoms with van der Waals surface area (Å²) in [4.78, 5) is 17.7. The number of β-amino-alcohol motifs (C(OH)–C–C–N with tert-alkyl or cyclic N) is 1. The number of pyridine rings is 1. The molecule has 2 atom stereocenters. The van der Waals surface area contributed by atoms with E-state index in [0.717, 1.165) is 23.0 Å². The monoisotopic (exact) mass is 478 g/mol. The maximum atomic E-state index is 11.4. The van der Waals surface area contributed by atoms with Crippen molar-refractivity contribution in [2.45, 2.75) is 32.1 Å². The normalized spacial score (nSPS) is 20.5. The van der Waals surface area contributed by atoms with Crippen molar-refractivity contribution in [2.24, 2.45) is 0 Å². The first-order chi connectivity index (χ1) is 14.4. The number of hydrogen-bond acceptors (Lipinski definition) is 7. The number of morpholine rings is 1. The summed E-state index contributed by atoms with van der Waals surface area (Å²) in [5, 5.41) is 11.1. The summed E-state index contributed by atoms with van der Waals surface area (Å²) in [6, 6.07) is 9.71. The van der Waals surface area contributed by atoms with Gasteiger partial charge in [-0.2, -0.15) is 0 Å². The standard InChI is InChI=1S/C22H27BrN2O5/c1-3-28-21(26)14-29-20-6-4-17(5-7-20)10-16(2)25-8-9-30-22(27,15-25)18-11-19(23)13-24-12-18/h4-7,11-13,16,27H,3,8-10,14-15H2,1-2H3. The summed E-state index contributed by atoms with van der Waals surface area (Å²) in [6.07, 6.45) is 4.12. The molecule has 1 saturated heterocycles. The molecule has 30 heavy (non-hydrogen) atoms. The quantitative estimate of drug-likeness (QED) is 0.584. The zero-order chi connectivity index (χ0) is 21.6. The van der Waals surface area contributed by atoms with Crippen LogP contribution in [0.3, 0.4) is 0 Å². The number of benzene rings is 1. The van der Waals surface area contributed by atoms with Crippen molar-refractivity contribution in [3.8, 4) is 5.75 Å². The SMILES string of the molecule is CCOC(=O)COc1ccc(CC(C)N2CCOC(O)(c3cncc(Br)c3)C2)cc1. The molecule has 7 nitrogen and oxygen atoms in total. The van der Waals surface area contributed by atoms with Crippen LogP contribution < -0.4 is 4.74 Å². The van der Waals surface area contributed by atoms with E-state index < -0.39 is 5.79 Å². The molecule has 1 aliphatic heterocycles. The van der Waals surface area contributed by atoms with Crippen LogP contribution in [-0.4, -0.2) is 59.9 Å². The third kappa shape index (κ3) is 6.01. The summed E-state index contributed by atoms with van der Waals surface area (Å²) >= 11 is 3.40. The third-order valence-corrected chi connectivity index (χ3v) is 5.47. The molecule has 1 aliphatic rings. The summed E-state index contributed by atoms with van der Waals surface area (Å²) in [5.74, 6) is -1.13. The van der Waals surface area contributed by atoms with E-state index in [9.17, 15) is 9.90 Å². The first-order valence-corrected chi connectivity index (χ1v) is 10.8. The Morgan fingerprint density at radius 3 is 2.83 bits per heavy atom. The van der Waals surface area contributed by atoms with Crippen LogP contribution in [0, 0.1) is 0 Å². The van der Waals surface area contributed by atoms with Crippen molar-refractivity contribution in [3.63, 3.8) is 0 Å². The number of nitrogens with zero attached hydrogens (tertiary/aromatic N) is 2. The topological polar surface area (TPSA) is 81.1 Å². The van der Waals surface area contributed by atoms with Gasteiger partial charge in [-0.1, -0.05) is 12.1 Å². The Labute approximate surface area is 185 Å². The molecule has 162 valence electrons. The fraction of sp³-hybridized carbons (Fsp3) is 0.455. The smallest absolute Gasteiger partial charge is 0.344 e. The van der Waals surface area contributed by atoms with Gasteiger partial charge >= 0.3 is 5.97 Å². The number of aromatic nitrogens is 1. The van der Waals surface area contributed by atoms with Gasteiger partial charge in [-0.3, -0.25) is 9.88 Å². The second-order valence-corrected chi connectivity index (χ2v) is 8.20. The Balaban J connectivity index is 1.57. The number of carbonyl (C=O) groups is 1. The number of aliphatic hydroxyl groups is 1. The molecule has 0 aliphatic carbocycles. The Morgan fingerprint density at radius 2 is 2.13 bits per heavy atom. The lowest BCUT2D eigenvalue weighted by Gasteiger charge is -2.42. The highest BCUT2D eigenvalue weighted by Gasteiger charge is 2.38. The summed E-state index contributed by atoms with van der Waals surface area (Å²) in [5.41, 5.74) is 1.78. The number of carbonyl (C=O) groups excluding carboxylic acids is 1. The second-order valence-electron chi connectivity index (χ2n) is 7.29. The summed E-state index contributed by atoms with van der Waals surface area (Å²) in [6.45, 7) is 5.69. The largest absolute Gasteiger partial charge is 0.482 e. The zero-order valence-corrected chi connectivity index (χ0v) is 18.8. The predicted molar refractivity (Wildman–Crippen MR) is 115 cm³/mol. The van der Waals surface area contributed by atoms with Gasteiger partial charge in [0, 0.05) is 35.0 Å². The first kappa shape index (κ1) is 22.7.